The SMILES string of the molecule is Cc1cc(C)c(-c2ccc(NC(=O)[C@H](Cc3ccc(C(=O)O)cc3)c3ccc(N4CCC(C(C)(C)C)CC4)cc3)cc2)c(C)c1. The Morgan fingerprint density at radius 1 is 0.844 bits per heavy atom. The lowest BCUT2D eigenvalue weighted by molar-refractivity contribution is -0.117. The Morgan fingerprint density at radius 2 is 1.42 bits per heavy atom. The summed E-state index contributed by atoms with van der Waals surface area (Å²) in [5.74, 6) is -0.765. The number of carboxylic acid groups (broad SMARTS) is 1. The van der Waals surface area contributed by atoms with Crippen molar-refractivity contribution in [2.75, 3.05) is 23.3 Å². The zero-order valence-electron chi connectivity index (χ0n) is 27.5. The number of hydrogen-bond donors (Lipinski definition) is 2. The quantitative estimate of drug-likeness (QED) is 0.211. The number of aryl methyl sites for hydroxylation is 3. The van der Waals surface area contributed by atoms with E-state index in [2.05, 4.69) is 100 Å². The Hall–Kier alpha value is -4.38. The Morgan fingerprint density at radius 3 is 1.96 bits per heavy atom. The molecule has 0 aliphatic carbocycles. The van der Waals surface area contributed by atoms with Gasteiger partial charge in [-0.25, -0.2) is 4.79 Å². The molecule has 0 aromatic heterocycles. The van der Waals surface area contributed by atoms with Gasteiger partial charge >= 0.3 is 5.97 Å². The molecular formula is C40H46N2O3. The molecule has 0 saturated carbocycles. The lowest BCUT2D eigenvalue weighted by Crippen LogP contribution is -2.38. The van der Waals surface area contributed by atoms with Crippen molar-refractivity contribution in [3.05, 3.63) is 118 Å². The molecule has 0 bridgehead atoms. The second-order valence-corrected chi connectivity index (χ2v) is 13.8. The standard InChI is InChI=1S/C40H46N2O3/c1-26-23-27(2)37(28(3)24-26)31-11-15-34(16-12-31)41-38(43)36(25-29-7-9-32(10-8-29)39(44)45)30-13-17-35(18-14-30)42-21-19-33(20-22-42)40(4,5)6/h7-18,23-24,33,36H,19-22,25H2,1-6H3,(H,41,43)(H,44,45)/t36-/m1/s1. The highest BCUT2D eigenvalue weighted by atomic mass is 16.4. The highest BCUT2D eigenvalue weighted by molar-refractivity contribution is 5.96. The molecule has 1 amide bonds. The van der Waals surface area contributed by atoms with Gasteiger partial charge < -0.3 is 15.3 Å². The highest BCUT2D eigenvalue weighted by Crippen LogP contribution is 2.36. The van der Waals surface area contributed by atoms with Crippen LogP contribution in [-0.2, 0) is 11.2 Å². The first-order chi connectivity index (χ1) is 21.4. The number of amides is 1. The number of rotatable bonds is 8. The van der Waals surface area contributed by atoms with E-state index in [9.17, 15) is 14.7 Å². The molecule has 1 aliphatic heterocycles. The molecule has 2 N–H and O–H groups in total. The van der Waals surface area contributed by atoms with Gasteiger partial charge in [0, 0.05) is 24.5 Å². The van der Waals surface area contributed by atoms with Crippen LogP contribution < -0.4 is 10.2 Å². The van der Waals surface area contributed by atoms with Crippen molar-refractivity contribution < 1.29 is 14.7 Å². The maximum atomic E-state index is 13.9. The minimum atomic E-state index is -0.961. The zero-order valence-corrected chi connectivity index (χ0v) is 27.5. The molecule has 1 atom stereocenters. The van der Waals surface area contributed by atoms with Crippen LogP contribution in [0, 0.1) is 32.1 Å². The maximum Gasteiger partial charge on any atom is 0.335 e. The predicted octanol–water partition coefficient (Wildman–Crippen LogP) is 9.20. The van der Waals surface area contributed by atoms with E-state index in [0.29, 0.717) is 11.8 Å². The number of hydrogen-bond acceptors (Lipinski definition) is 3. The molecule has 1 aliphatic rings. The summed E-state index contributed by atoms with van der Waals surface area (Å²) in [4.78, 5) is 27.7. The van der Waals surface area contributed by atoms with Crippen LogP contribution in [-0.4, -0.2) is 30.1 Å². The lowest BCUT2D eigenvalue weighted by atomic mass is 9.75. The molecular weight excluding hydrogens is 556 g/mol. The van der Waals surface area contributed by atoms with Gasteiger partial charge in [-0.15, -0.1) is 0 Å². The van der Waals surface area contributed by atoms with Crippen LogP contribution >= 0.6 is 0 Å². The minimum Gasteiger partial charge on any atom is -0.478 e. The fraction of sp³-hybridized carbons (Fsp3) is 0.350. The van der Waals surface area contributed by atoms with Gasteiger partial charge in [-0.1, -0.05) is 74.9 Å². The predicted molar refractivity (Wildman–Crippen MR) is 185 cm³/mol. The van der Waals surface area contributed by atoms with Crippen molar-refractivity contribution >= 4 is 23.3 Å². The second-order valence-electron chi connectivity index (χ2n) is 13.8. The van der Waals surface area contributed by atoms with E-state index in [4.69, 9.17) is 0 Å². The van der Waals surface area contributed by atoms with Gasteiger partial charge in [-0.05, 0) is 121 Å². The van der Waals surface area contributed by atoms with Gasteiger partial charge in [-0.3, -0.25) is 4.79 Å². The number of anilines is 2. The molecule has 1 saturated heterocycles. The first kappa shape index (κ1) is 32.0. The summed E-state index contributed by atoms with van der Waals surface area (Å²) in [7, 11) is 0. The van der Waals surface area contributed by atoms with Crippen LogP contribution in [0.1, 0.15) is 77.7 Å². The molecule has 0 radical (unpaired) electrons. The molecule has 234 valence electrons. The van der Waals surface area contributed by atoms with E-state index in [1.807, 2.05) is 12.1 Å². The Labute approximate surface area is 268 Å². The van der Waals surface area contributed by atoms with Crippen molar-refractivity contribution in [2.45, 2.75) is 66.7 Å². The Bertz CT molecular complexity index is 1620. The summed E-state index contributed by atoms with van der Waals surface area (Å²) in [6.45, 7) is 15.5. The molecule has 5 rings (SSSR count). The number of piperidine rings is 1. The van der Waals surface area contributed by atoms with Crippen LogP contribution in [0.2, 0.25) is 0 Å². The molecule has 5 nitrogen and oxygen atoms in total. The summed E-state index contributed by atoms with van der Waals surface area (Å²) in [5, 5.41) is 12.5. The fourth-order valence-electron chi connectivity index (χ4n) is 6.89. The molecule has 0 unspecified atom stereocenters. The highest BCUT2D eigenvalue weighted by Gasteiger charge is 2.29. The summed E-state index contributed by atoms with van der Waals surface area (Å²) >= 11 is 0. The number of carboxylic acids is 1. The largest absolute Gasteiger partial charge is 0.478 e. The number of carbonyl (C=O) groups excluding carboxylic acids is 1. The molecule has 1 fully saturated rings. The smallest absolute Gasteiger partial charge is 0.335 e. The topological polar surface area (TPSA) is 69.6 Å². The summed E-state index contributed by atoms with van der Waals surface area (Å²) in [6, 6.07) is 27.7. The van der Waals surface area contributed by atoms with Crippen LogP contribution in [0.15, 0.2) is 84.9 Å². The van der Waals surface area contributed by atoms with Gasteiger partial charge in [0.1, 0.15) is 0 Å². The number of nitrogens with zero attached hydrogens (tertiary/aromatic N) is 1. The van der Waals surface area contributed by atoms with Gasteiger partial charge in [-0.2, -0.15) is 0 Å². The van der Waals surface area contributed by atoms with E-state index in [1.165, 1.54) is 40.8 Å². The molecule has 45 heavy (non-hydrogen) atoms. The van der Waals surface area contributed by atoms with E-state index < -0.39 is 11.9 Å². The summed E-state index contributed by atoms with van der Waals surface area (Å²) in [5.41, 5.74) is 10.4. The van der Waals surface area contributed by atoms with Gasteiger partial charge in [0.25, 0.3) is 0 Å². The van der Waals surface area contributed by atoms with E-state index >= 15 is 0 Å². The molecule has 4 aromatic carbocycles. The average molecular weight is 603 g/mol. The van der Waals surface area contributed by atoms with Gasteiger partial charge in [0.15, 0.2) is 0 Å². The maximum absolute atomic E-state index is 13.9. The third-order valence-corrected chi connectivity index (χ3v) is 9.46. The monoisotopic (exact) mass is 602 g/mol. The molecule has 5 heteroatoms. The van der Waals surface area contributed by atoms with Crippen LogP contribution in [0.3, 0.4) is 0 Å². The van der Waals surface area contributed by atoms with Crippen molar-refractivity contribution in [3.8, 4) is 11.1 Å². The molecule has 0 spiro atoms. The number of nitrogens with one attached hydrogen (secondary N) is 1. The van der Waals surface area contributed by atoms with E-state index in [-0.39, 0.29) is 11.5 Å². The average Bonchev–Trinajstić information content (AvgIpc) is 3.00. The zero-order chi connectivity index (χ0) is 32.3. The van der Waals surface area contributed by atoms with Crippen LogP contribution in [0.25, 0.3) is 11.1 Å². The fourth-order valence-corrected chi connectivity index (χ4v) is 6.89. The van der Waals surface area contributed by atoms with Gasteiger partial charge in [0.05, 0.1) is 11.5 Å². The lowest BCUT2D eigenvalue weighted by Gasteiger charge is -2.39. The number of aromatic carboxylic acids is 1. The van der Waals surface area contributed by atoms with Gasteiger partial charge in [0.2, 0.25) is 5.91 Å². The second kappa shape index (κ2) is 13.3. The van der Waals surface area contributed by atoms with Crippen molar-refractivity contribution in [1.29, 1.82) is 0 Å². The van der Waals surface area contributed by atoms with Crippen molar-refractivity contribution in [1.82, 2.24) is 0 Å². The third kappa shape index (κ3) is 7.65. The summed E-state index contributed by atoms with van der Waals surface area (Å²) < 4.78 is 0. The molecule has 4 aromatic rings. The third-order valence-electron chi connectivity index (χ3n) is 9.46. The number of carbonyl (C=O) groups is 2. The van der Waals surface area contributed by atoms with E-state index in [0.717, 1.165) is 41.4 Å². The summed E-state index contributed by atoms with van der Waals surface area (Å²) in [6.07, 6.45) is 2.83. The Balaban J connectivity index is 1.36. The Kier molecular flexibility index (Phi) is 9.48. The number of benzene rings is 4. The first-order valence-corrected chi connectivity index (χ1v) is 16.1. The normalized spacial score (nSPS) is 14.7. The van der Waals surface area contributed by atoms with Crippen LogP contribution in [0.5, 0.6) is 0 Å². The van der Waals surface area contributed by atoms with Crippen molar-refractivity contribution in [3.63, 3.8) is 0 Å². The molecule has 1 heterocycles. The first-order valence-electron chi connectivity index (χ1n) is 16.1. The van der Waals surface area contributed by atoms with Crippen LogP contribution in [0.4, 0.5) is 11.4 Å². The van der Waals surface area contributed by atoms with E-state index in [1.54, 1.807) is 24.3 Å². The van der Waals surface area contributed by atoms with Crippen molar-refractivity contribution in [2.24, 2.45) is 11.3 Å². The minimum absolute atomic E-state index is 0.0912.